The molecular weight excluding hydrogens is 262 g/mol. The van der Waals surface area contributed by atoms with Gasteiger partial charge in [0.1, 0.15) is 6.10 Å². The highest BCUT2D eigenvalue weighted by molar-refractivity contribution is 5.99. The summed E-state index contributed by atoms with van der Waals surface area (Å²) in [6.45, 7) is 11.0. The molecule has 1 aromatic carbocycles. The number of rotatable bonds is 5. The van der Waals surface area contributed by atoms with E-state index in [-0.39, 0.29) is 11.9 Å². The van der Waals surface area contributed by atoms with Gasteiger partial charge in [0.2, 0.25) is 0 Å². The first-order valence-corrected chi connectivity index (χ1v) is 7.96. The molecule has 0 saturated carbocycles. The van der Waals surface area contributed by atoms with Crippen molar-refractivity contribution in [2.45, 2.75) is 46.3 Å². The van der Waals surface area contributed by atoms with Crippen molar-refractivity contribution in [1.82, 2.24) is 4.90 Å². The Labute approximate surface area is 128 Å². The molecule has 0 spiro atoms. The van der Waals surface area contributed by atoms with Gasteiger partial charge in [0.25, 0.3) is 0 Å². The molecule has 0 aliphatic carbocycles. The zero-order chi connectivity index (χ0) is 15.4. The van der Waals surface area contributed by atoms with Crippen molar-refractivity contribution >= 4 is 5.78 Å². The van der Waals surface area contributed by atoms with Gasteiger partial charge in [-0.05, 0) is 37.8 Å². The molecule has 3 nitrogen and oxygen atoms in total. The maximum Gasteiger partial charge on any atom is 0.192 e. The molecular formula is C18H27NO2. The predicted octanol–water partition coefficient (Wildman–Crippen LogP) is 3.18. The Morgan fingerprint density at radius 1 is 1.33 bits per heavy atom. The summed E-state index contributed by atoms with van der Waals surface area (Å²) in [5.74, 6) is 0.712. The quantitative estimate of drug-likeness (QED) is 0.780. The summed E-state index contributed by atoms with van der Waals surface area (Å²) in [6.07, 6.45) is 0.681. The third-order valence-electron chi connectivity index (χ3n) is 3.98. The Morgan fingerprint density at radius 2 is 2.10 bits per heavy atom. The molecule has 1 aliphatic rings. The first-order chi connectivity index (χ1) is 9.97. The molecule has 3 heteroatoms. The molecule has 1 saturated heterocycles. The van der Waals surface area contributed by atoms with Gasteiger partial charge < -0.3 is 4.74 Å². The highest BCUT2D eigenvalue weighted by Gasteiger charge is 2.28. The van der Waals surface area contributed by atoms with Crippen molar-refractivity contribution in [2.75, 3.05) is 19.7 Å². The second-order valence-corrected chi connectivity index (χ2v) is 6.61. The van der Waals surface area contributed by atoms with Crippen LogP contribution < -0.4 is 0 Å². The summed E-state index contributed by atoms with van der Waals surface area (Å²) < 4.78 is 5.70. The highest BCUT2D eigenvalue weighted by Crippen LogP contribution is 2.16. The van der Waals surface area contributed by atoms with Gasteiger partial charge in [-0.1, -0.05) is 32.0 Å². The SMILES string of the molecule is CC(C)Cc1cccc(C(=O)C2CN(C(C)C)CCO2)c1. The molecule has 1 fully saturated rings. The van der Waals surface area contributed by atoms with Gasteiger partial charge in [-0.3, -0.25) is 9.69 Å². The molecule has 1 unspecified atom stereocenters. The Hall–Kier alpha value is -1.19. The predicted molar refractivity (Wildman–Crippen MR) is 85.8 cm³/mol. The van der Waals surface area contributed by atoms with E-state index in [2.05, 4.69) is 38.7 Å². The second-order valence-electron chi connectivity index (χ2n) is 6.61. The van der Waals surface area contributed by atoms with E-state index in [4.69, 9.17) is 4.74 Å². The smallest absolute Gasteiger partial charge is 0.192 e. The van der Waals surface area contributed by atoms with Crippen LogP contribution in [0.25, 0.3) is 0 Å². The van der Waals surface area contributed by atoms with E-state index in [0.29, 0.717) is 25.1 Å². The van der Waals surface area contributed by atoms with Gasteiger partial charge in [0.15, 0.2) is 5.78 Å². The third kappa shape index (κ3) is 4.39. The molecule has 1 heterocycles. The van der Waals surface area contributed by atoms with Crippen LogP contribution in [0, 0.1) is 5.92 Å². The number of carbonyl (C=O) groups excluding carboxylic acids is 1. The number of nitrogens with zero attached hydrogens (tertiary/aromatic N) is 1. The molecule has 1 atom stereocenters. The lowest BCUT2D eigenvalue weighted by Crippen LogP contribution is -2.48. The molecule has 1 aliphatic heterocycles. The summed E-state index contributed by atoms with van der Waals surface area (Å²) in [5, 5.41) is 0. The van der Waals surface area contributed by atoms with Crippen molar-refractivity contribution in [3.63, 3.8) is 0 Å². The summed E-state index contributed by atoms with van der Waals surface area (Å²) in [5.41, 5.74) is 2.01. The van der Waals surface area contributed by atoms with Crippen molar-refractivity contribution in [3.05, 3.63) is 35.4 Å². The Morgan fingerprint density at radius 3 is 2.76 bits per heavy atom. The lowest BCUT2D eigenvalue weighted by atomic mass is 9.97. The number of morpholine rings is 1. The number of benzene rings is 1. The van der Waals surface area contributed by atoms with Gasteiger partial charge in [-0.25, -0.2) is 0 Å². The standard InChI is InChI=1S/C18H27NO2/c1-13(2)10-15-6-5-7-16(11-15)18(20)17-12-19(14(3)4)8-9-21-17/h5-7,11,13-14,17H,8-10,12H2,1-4H3. The average molecular weight is 289 g/mol. The van der Waals surface area contributed by atoms with E-state index in [1.807, 2.05) is 18.2 Å². The second kappa shape index (κ2) is 7.19. The van der Waals surface area contributed by atoms with E-state index in [1.165, 1.54) is 5.56 Å². The van der Waals surface area contributed by atoms with Gasteiger partial charge in [-0.15, -0.1) is 0 Å². The Balaban J connectivity index is 2.08. The topological polar surface area (TPSA) is 29.5 Å². The van der Waals surface area contributed by atoms with Gasteiger partial charge in [0, 0.05) is 24.7 Å². The van der Waals surface area contributed by atoms with Crippen LogP contribution in [0.4, 0.5) is 0 Å². The lowest BCUT2D eigenvalue weighted by molar-refractivity contribution is -0.0256. The molecule has 0 radical (unpaired) electrons. The van der Waals surface area contributed by atoms with E-state index in [9.17, 15) is 4.79 Å². The molecule has 2 rings (SSSR count). The van der Waals surface area contributed by atoms with Gasteiger partial charge in [0.05, 0.1) is 6.61 Å². The van der Waals surface area contributed by atoms with Crippen LogP contribution >= 0.6 is 0 Å². The minimum absolute atomic E-state index is 0.117. The fourth-order valence-corrected chi connectivity index (χ4v) is 2.81. The van der Waals surface area contributed by atoms with Crippen LogP contribution in [0.1, 0.15) is 43.6 Å². The Bertz CT molecular complexity index is 482. The van der Waals surface area contributed by atoms with Crippen LogP contribution in [-0.2, 0) is 11.2 Å². The number of carbonyl (C=O) groups is 1. The summed E-state index contributed by atoms with van der Waals surface area (Å²) in [4.78, 5) is 15.0. The molecule has 0 bridgehead atoms. The van der Waals surface area contributed by atoms with Crippen LogP contribution in [0.5, 0.6) is 0 Å². The summed E-state index contributed by atoms with van der Waals surface area (Å²) >= 11 is 0. The van der Waals surface area contributed by atoms with Crippen molar-refractivity contribution in [2.24, 2.45) is 5.92 Å². The third-order valence-corrected chi connectivity index (χ3v) is 3.98. The zero-order valence-electron chi connectivity index (χ0n) is 13.6. The van der Waals surface area contributed by atoms with Crippen LogP contribution in [0.15, 0.2) is 24.3 Å². The van der Waals surface area contributed by atoms with E-state index in [1.54, 1.807) is 0 Å². The highest BCUT2D eigenvalue weighted by atomic mass is 16.5. The largest absolute Gasteiger partial charge is 0.367 e. The minimum atomic E-state index is -0.324. The van der Waals surface area contributed by atoms with E-state index < -0.39 is 0 Å². The molecule has 0 N–H and O–H groups in total. The monoisotopic (exact) mass is 289 g/mol. The van der Waals surface area contributed by atoms with E-state index in [0.717, 1.165) is 18.5 Å². The lowest BCUT2D eigenvalue weighted by Gasteiger charge is -2.34. The first kappa shape index (κ1) is 16.2. The van der Waals surface area contributed by atoms with Crippen molar-refractivity contribution < 1.29 is 9.53 Å². The Kier molecular flexibility index (Phi) is 5.54. The molecule has 0 amide bonds. The van der Waals surface area contributed by atoms with Crippen molar-refractivity contribution in [3.8, 4) is 0 Å². The van der Waals surface area contributed by atoms with Crippen LogP contribution in [-0.4, -0.2) is 42.5 Å². The summed E-state index contributed by atoms with van der Waals surface area (Å²) in [7, 11) is 0. The van der Waals surface area contributed by atoms with Crippen LogP contribution in [0.2, 0.25) is 0 Å². The average Bonchev–Trinajstić information content (AvgIpc) is 2.46. The zero-order valence-corrected chi connectivity index (χ0v) is 13.6. The normalized spacial score (nSPS) is 20.2. The number of ketones is 1. The van der Waals surface area contributed by atoms with Gasteiger partial charge >= 0.3 is 0 Å². The number of ether oxygens (including phenoxy) is 1. The molecule has 21 heavy (non-hydrogen) atoms. The van der Waals surface area contributed by atoms with Crippen LogP contribution in [0.3, 0.4) is 0 Å². The number of hydrogen-bond donors (Lipinski definition) is 0. The van der Waals surface area contributed by atoms with Gasteiger partial charge in [-0.2, -0.15) is 0 Å². The van der Waals surface area contributed by atoms with E-state index >= 15 is 0 Å². The molecule has 0 aromatic heterocycles. The maximum absolute atomic E-state index is 12.7. The maximum atomic E-state index is 12.7. The number of Topliss-reactive ketones (excluding diaryl/α,β-unsaturated/α-hetero) is 1. The molecule has 116 valence electrons. The summed E-state index contributed by atoms with van der Waals surface area (Å²) in [6, 6.07) is 8.47. The first-order valence-electron chi connectivity index (χ1n) is 7.96. The minimum Gasteiger partial charge on any atom is -0.367 e. The number of hydrogen-bond acceptors (Lipinski definition) is 3. The van der Waals surface area contributed by atoms with Crippen molar-refractivity contribution in [1.29, 1.82) is 0 Å². The molecule has 1 aromatic rings. The fraction of sp³-hybridized carbons (Fsp3) is 0.611. The fourth-order valence-electron chi connectivity index (χ4n) is 2.81.